The zero-order valence-electron chi connectivity index (χ0n) is 16.5. The molecule has 7 heteroatoms. The molecule has 0 saturated carbocycles. The number of amides is 1. The van der Waals surface area contributed by atoms with Crippen molar-refractivity contribution < 1.29 is 14.3 Å². The molecule has 0 N–H and O–H groups in total. The van der Waals surface area contributed by atoms with Crippen LogP contribution >= 0.6 is 0 Å². The lowest BCUT2D eigenvalue weighted by Crippen LogP contribution is -2.66. The zero-order valence-corrected chi connectivity index (χ0v) is 16.5. The molecule has 1 atom stereocenters. The number of ether oxygens (including phenoxy) is 2. The number of aromatic nitrogens is 2. The average molecular weight is 392 g/mol. The Kier molecular flexibility index (Phi) is 5.45. The van der Waals surface area contributed by atoms with Crippen LogP contribution in [0.15, 0.2) is 36.7 Å². The second-order valence-electron chi connectivity index (χ2n) is 7.88. The van der Waals surface area contributed by atoms with E-state index in [0.29, 0.717) is 49.2 Å². The van der Waals surface area contributed by atoms with Crippen molar-refractivity contribution in [2.75, 3.05) is 26.3 Å². The summed E-state index contributed by atoms with van der Waals surface area (Å²) in [5, 5.41) is 9.03. The number of hydrogen-bond donors (Lipinski definition) is 0. The molecule has 3 heterocycles. The van der Waals surface area contributed by atoms with Gasteiger partial charge in [-0.3, -0.25) is 9.78 Å². The highest BCUT2D eigenvalue weighted by atomic mass is 16.5. The third kappa shape index (κ3) is 4.38. The number of rotatable bonds is 5. The first-order valence-electron chi connectivity index (χ1n) is 9.92. The third-order valence-electron chi connectivity index (χ3n) is 5.59. The van der Waals surface area contributed by atoms with Crippen molar-refractivity contribution in [3.05, 3.63) is 53.5 Å². The fraction of sp³-hybridized carbons (Fsp3) is 0.455. The summed E-state index contributed by atoms with van der Waals surface area (Å²) in [4.78, 5) is 22.9. The number of aryl methyl sites for hydroxylation is 1. The Morgan fingerprint density at radius 1 is 1.41 bits per heavy atom. The lowest BCUT2D eigenvalue weighted by Gasteiger charge is -2.53. The SMILES string of the molecule is Cc1cncc(OCC[C@@H]2CCOC3(C2)CN(C(=O)c2cccc(C#N)c2)C3)n1. The molecule has 29 heavy (non-hydrogen) atoms. The van der Waals surface area contributed by atoms with Gasteiger partial charge in [-0.1, -0.05) is 6.07 Å². The largest absolute Gasteiger partial charge is 0.477 e. The maximum Gasteiger partial charge on any atom is 0.254 e. The molecule has 2 aliphatic rings. The van der Waals surface area contributed by atoms with Gasteiger partial charge < -0.3 is 14.4 Å². The molecule has 2 aromatic rings. The van der Waals surface area contributed by atoms with Gasteiger partial charge in [0.1, 0.15) is 5.60 Å². The first kappa shape index (κ1) is 19.3. The van der Waals surface area contributed by atoms with Gasteiger partial charge in [0.05, 0.1) is 43.2 Å². The van der Waals surface area contributed by atoms with Gasteiger partial charge >= 0.3 is 0 Å². The minimum atomic E-state index is -0.242. The number of hydrogen-bond acceptors (Lipinski definition) is 6. The van der Waals surface area contributed by atoms with Crippen molar-refractivity contribution in [3.8, 4) is 11.9 Å². The Hall–Kier alpha value is -2.98. The van der Waals surface area contributed by atoms with Crippen molar-refractivity contribution >= 4 is 5.91 Å². The maximum atomic E-state index is 12.7. The van der Waals surface area contributed by atoms with Crippen LogP contribution in [0.1, 0.15) is 40.9 Å². The van der Waals surface area contributed by atoms with Crippen LogP contribution in [0.25, 0.3) is 0 Å². The van der Waals surface area contributed by atoms with E-state index in [4.69, 9.17) is 14.7 Å². The van der Waals surface area contributed by atoms with Crippen molar-refractivity contribution in [1.82, 2.24) is 14.9 Å². The molecule has 0 bridgehead atoms. The van der Waals surface area contributed by atoms with Crippen molar-refractivity contribution in [1.29, 1.82) is 5.26 Å². The van der Waals surface area contributed by atoms with Crippen LogP contribution in [0.5, 0.6) is 5.88 Å². The van der Waals surface area contributed by atoms with Gasteiger partial charge in [-0.15, -0.1) is 0 Å². The molecule has 1 amide bonds. The minimum Gasteiger partial charge on any atom is -0.477 e. The molecule has 1 spiro atoms. The zero-order chi connectivity index (χ0) is 20.3. The average Bonchev–Trinajstić information content (AvgIpc) is 2.72. The van der Waals surface area contributed by atoms with Gasteiger partial charge in [0, 0.05) is 18.4 Å². The monoisotopic (exact) mass is 392 g/mol. The number of nitriles is 1. The second-order valence-corrected chi connectivity index (χ2v) is 7.88. The Morgan fingerprint density at radius 2 is 2.28 bits per heavy atom. The van der Waals surface area contributed by atoms with E-state index in [0.717, 1.165) is 25.0 Å². The van der Waals surface area contributed by atoms with Gasteiger partial charge in [-0.2, -0.15) is 5.26 Å². The first-order valence-corrected chi connectivity index (χ1v) is 9.92. The lowest BCUT2D eigenvalue weighted by atomic mass is 9.79. The van der Waals surface area contributed by atoms with E-state index in [2.05, 4.69) is 16.0 Å². The summed E-state index contributed by atoms with van der Waals surface area (Å²) < 4.78 is 11.8. The fourth-order valence-electron chi connectivity index (χ4n) is 4.13. The molecule has 0 radical (unpaired) electrons. The second kappa shape index (κ2) is 8.18. The van der Waals surface area contributed by atoms with Crippen LogP contribution in [0.4, 0.5) is 0 Å². The highest BCUT2D eigenvalue weighted by Gasteiger charge is 2.49. The Labute approximate surface area is 170 Å². The molecule has 150 valence electrons. The molecule has 1 aromatic heterocycles. The molecule has 4 rings (SSSR count). The Balaban J connectivity index is 1.28. The molecule has 2 saturated heterocycles. The summed E-state index contributed by atoms with van der Waals surface area (Å²) in [7, 11) is 0. The smallest absolute Gasteiger partial charge is 0.254 e. The fourth-order valence-corrected chi connectivity index (χ4v) is 4.13. The molecular weight excluding hydrogens is 368 g/mol. The van der Waals surface area contributed by atoms with Crippen LogP contribution in [0.2, 0.25) is 0 Å². The predicted molar refractivity (Wildman–Crippen MR) is 105 cm³/mol. The molecule has 0 aliphatic carbocycles. The number of benzene rings is 1. The van der Waals surface area contributed by atoms with E-state index in [1.165, 1.54) is 0 Å². The van der Waals surface area contributed by atoms with Crippen LogP contribution in [-0.2, 0) is 4.74 Å². The number of carbonyl (C=O) groups excluding carboxylic acids is 1. The molecular formula is C22H24N4O3. The standard InChI is InChI=1S/C22H24N4O3/c1-16-12-24-13-20(25-16)28-7-5-17-6-8-29-22(10-17)14-26(15-22)21(27)19-4-2-3-18(9-19)11-23/h2-4,9,12-13,17H,5-8,10,14-15H2,1H3/t17-/m1/s1. The van der Waals surface area contributed by atoms with E-state index in [1.54, 1.807) is 41.6 Å². The summed E-state index contributed by atoms with van der Waals surface area (Å²) >= 11 is 0. The van der Waals surface area contributed by atoms with Crippen molar-refractivity contribution in [2.24, 2.45) is 5.92 Å². The van der Waals surface area contributed by atoms with Crippen LogP contribution < -0.4 is 4.74 Å². The molecule has 0 unspecified atom stereocenters. The van der Waals surface area contributed by atoms with Gasteiger partial charge in [-0.05, 0) is 50.3 Å². The highest BCUT2D eigenvalue weighted by Crippen LogP contribution is 2.38. The van der Waals surface area contributed by atoms with E-state index in [-0.39, 0.29) is 11.5 Å². The lowest BCUT2D eigenvalue weighted by molar-refractivity contribution is -0.166. The Bertz CT molecular complexity index is 934. The minimum absolute atomic E-state index is 0.0418. The topological polar surface area (TPSA) is 88.3 Å². The summed E-state index contributed by atoms with van der Waals surface area (Å²) in [5.74, 6) is 1.02. The van der Waals surface area contributed by atoms with Gasteiger partial charge in [-0.25, -0.2) is 4.98 Å². The van der Waals surface area contributed by atoms with Crippen LogP contribution in [-0.4, -0.2) is 52.7 Å². The summed E-state index contributed by atoms with van der Waals surface area (Å²) in [6.07, 6.45) is 6.20. The highest BCUT2D eigenvalue weighted by molar-refractivity contribution is 5.95. The Morgan fingerprint density at radius 3 is 3.07 bits per heavy atom. The molecule has 1 aromatic carbocycles. The van der Waals surface area contributed by atoms with Gasteiger partial charge in [0.15, 0.2) is 0 Å². The number of nitrogens with zero attached hydrogens (tertiary/aromatic N) is 4. The molecule has 2 aliphatic heterocycles. The first-order chi connectivity index (χ1) is 14.1. The van der Waals surface area contributed by atoms with Crippen molar-refractivity contribution in [2.45, 2.75) is 31.8 Å². The van der Waals surface area contributed by atoms with Crippen LogP contribution in [0, 0.1) is 24.2 Å². The summed E-state index contributed by atoms with van der Waals surface area (Å²) in [6, 6.07) is 8.92. The van der Waals surface area contributed by atoms with E-state index in [9.17, 15) is 4.79 Å². The molecule has 2 fully saturated rings. The van der Waals surface area contributed by atoms with E-state index in [1.807, 2.05) is 6.92 Å². The van der Waals surface area contributed by atoms with E-state index >= 15 is 0 Å². The number of likely N-dealkylation sites (tertiary alicyclic amines) is 1. The maximum absolute atomic E-state index is 12.7. The van der Waals surface area contributed by atoms with Crippen molar-refractivity contribution in [3.63, 3.8) is 0 Å². The van der Waals surface area contributed by atoms with Gasteiger partial charge in [0.2, 0.25) is 5.88 Å². The predicted octanol–water partition coefficient (Wildman–Crippen LogP) is 2.75. The quantitative estimate of drug-likeness (QED) is 0.777. The normalized spacial score (nSPS) is 20.0. The van der Waals surface area contributed by atoms with Crippen LogP contribution in [0.3, 0.4) is 0 Å². The molecule has 7 nitrogen and oxygen atoms in total. The van der Waals surface area contributed by atoms with E-state index < -0.39 is 0 Å². The summed E-state index contributed by atoms with van der Waals surface area (Å²) in [5.41, 5.74) is 1.65. The van der Waals surface area contributed by atoms with Gasteiger partial charge in [0.25, 0.3) is 5.91 Å². The number of carbonyl (C=O) groups is 1. The third-order valence-corrected chi connectivity index (χ3v) is 5.59. The summed E-state index contributed by atoms with van der Waals surface area (Å²) in [6.45, 7) is 4.40.